The third-order valence-electron chi connectivity index (χ3n) is 4.72. The van der Waals surface area contributed by atoms with Crippen LogP contribution < -0.4 is 4.74 Å². The monoisotopic (exact) mass is 364 g/mol. The summed E-state index contributed by atoms with van der Waals surface area (Å²) < 4.78 is 54.0. The maximum Gasteiger partial charge on any atom is 0.201 e. The van der Waals surface area contributed by atoms with Crippen molar-refractivity contribution in [2.75, 3.05) is 6.61 Å². The molecular formula is C21H23F3O2. The highest BCUT2D eigenvalue weighted by Gasteiger charge is 2.27. The third kappa shape index (κ3) is 3.73. The van der Waals surface area contributed by atoms with Gasteiger partial charge in [0.25, 0.3) is 0 Å². The second-order valence-electron chi connectivity index (χ2n) is 6.52. The maximum atomic E-state index is 14.6. The molecule has 5 heteroatoms. The van der Waals surface area contributed by atoms with Crippen molar-refractivity contribution in [2.45, 2.75) is 51.7 Å². The van der Waals surface area contributed by atoms with Crippen molar-refractivity contribution < 1.29 is 22.6 Å². The summed E-state index contributed by atoms with van der Waals surface area (Å²) in [6, 6.07) is 7.23. The Hall–Kier alpha value is -2.01. The first kappa shape index (κ1) is 18.8. The van der Waals surface area contributed by atoms with E-state index < -0.39 is 17.5 Å². The zero-order valence-corrected chi connectivity index (χ0v) is 15.0. The van der Waals surface area contributed by atoms with Crippen molar-refractivity contribution in [3.8, 4) is 16.9 Å². The standard InChI is InChI=1S/C21H23F3O2/c1-3-5-14-7-10-18(26-14)13-6-8-15(17(22)12-13)16-9-11-19(25-4-2)21(24)20(16)23/h6,8-9,11-12,14,18H,3-5,7,10H2,1-2H3. The molecule has 0 amide bonds. The van der Waals surface area contributed by atoms with Gasteiger partial charge in [0.2, 0.25) is 5.82 Å². The summed E-state index contributed by atoms with van der Waals surface area (Å²) >= 11 is 0. The third-order valence-corrected chi connectivity index (χ3v) is 4.72. The van der Waals surface area contributed by atoms with Gasteiger partial charge in [-0.3, -0.25) is 0 Å². The smallest absolute Gasteiger partial charge is 0.201 e. The van der Waals surface area contributed by atoms with E-state index in [-0.39, 0.29) is 35.7 Å². The van der Waals surface area contributed by atoms with Crippen LogP contribution in [0, 0.1) is 17.5 Å². The van der Waals surface area contributed by atoms with Crippen LogP contribution in [-0.2, 0) is 4.74 Å². The van der Waals surface area contributed by atoms with Crippen molar-refractivity contribution in [3.63, 3.8) is 0 Å². The molecule has 2 aromatic carbocycles. The highest BCUT2D eigenvalue weighted by atomic mass is 19.2. The largest absolute Gasteiger partial charge is 0.491 e. The van der Waals surface area contributed by atoms with Crippen LogP contribution in [0.5, 0.6) is 5.75 Å². The minimum absolute atomic E-state index is 0.0244. The summed E-state index contributed by atoms with van der Waals surface area (Å²) in [5, 5.41) is 0. The van der Waals surface area contributed by atoms with Crippen LogP contribution in [0.2, 0.25) is 0 Å². The molecule has 1 aliphatic heterocycles. The summed E-state index contributed by atoms with van der Waals surface area (Å²) in [5.74, 6) is -2.98. The lowest BCUT2D eigenvalue weighted by molar-refractivity contribution is 0.0395. The van der Waals surface area contributed by atoms with E-state index in [1.807, 2.05) is 0 Å². The normalized spacial score (nSPS) is 19.7. The molecule has 1 fully saturated rings. The van der Waals surface area contributed by atoms with E-state index in [4.69, 9.17) is 9.47 Å². The van der Waals surface area contributed by atoms with E-state index in [1.165, 1.54) is 24.3 Å². The van der Waals surface area contributed by atoms with Crippen LogP contribution in [0.3, 0.4) is 0 Å². The lowest BCUT2D eigenvalue weighted by atomic mass is 9.99. The van der Waals surface area contributed by atoms with Gasteiger partial charge in [0.15, 0.2) is 11.6 Å². The van der Waals surface area contributed by atoms with Gasteiger partial charge in [-0.15, -0.1) is 0 Å². The molecule has 0 N–H and O–H groups in total. The SMILES string of the molecule is CCCC1CCC(c2ccc(-c3ccc(OCC)c(F)c3F)c(F)c2)O1. The summed E-state index contributed by atoms with van der Waals surface area (Å²) in [5.41, 5.74) is 0.638. The Kier molecular flexibility index (Phi) is 5.87. The molecule has 2 atom stereocenters. The Morgan fingerprint density at radius 1 is 1.00 bits per heavy atom. The Labute approximate surface area is 151 Å². The fourth-order valence-electron chi connectivity index (χ4n) is 3.44. The minimum atomic E-state index is -1.11. The summed E-state index contributed by atoms with van der Waals surface area (Å²) in [4.78, 5) is 0. The summed E-state index contributed by atoms with van der Waals surface area (Å²) in [7, 11) is 0. The van der Waals surface area contributed by atoms with E-state index in [0.717, 1.165) is 31.2 Å². The number of hydrogen-bond donors (Lipinski definition) is 0. The molecule has 1 aliphatic rings. The van der Waals surface area contributed by atoms with Gasteiger partial charge in [-0.05, 0) is 49.9 Å². The first-order valence-electron chi connectivity index (χ1n) is 9.11. The van der Waals surface area contributed by atoms with Crippen molar-refractivity contribution >= 4 is 0 Å². The summed E-state index contributed by atoms with van der Waals surface area (Å²) in [6.45, 7) is 4.01. The number of hydrogen-bond acceptors (Lipinski definition) is 2. The molecule has 0 bridgehead atoms. The van der Waals surface area contributed by atoms with Crippen molar-refractivity contribution in [1.82, 2.24) is 0 Å². The molecule has 26 heavy (non-hydrogen) atoms. The molecule has 0 aromatic heterocycles. The van der Waals surface area contributed by atoms with Gasteiger partial charge in [-0.1, -0.05) is 25.5 Å². The molecule has 0 spiro atoms. The summed E-state index contributed by atoms with van der Waals surface area (Å²) in [6.07, 6.45) is 3.92. The van der Waals surface area contributed by atoms with Gasteiger partial charge >= 0.3 is 0 Å². The number of ether oxygens (including phenoxy) is 2. The van der Waals surface area contributed by atoms with Crippen LogP contribution in [0.4, 0.5) is 13.2 Å². The highest BCUT2D eigenvalue weighted by Crippen LogP contribution is 2.37. The topological polar surface area (TPSA) is 18.5 Å². The maximum absolute atomic E-state index is 14.6. The second-order valence-corrected chi connectivity index (χ2v) is 6.52. The van der Waals surface area contributed by atoms with Crippen LogP contribution in [0.25, 0.3) is 11.1 Å². The van der Waals surface area contributed by atoms with Gasteiger partial charge in [0, 0.05) is 11.1 Å². The van der Waals surface area contributed by atoms with E-state index in [0.29, 0.717) is 0 Å². The van der Waals surface area contributed by atoms with E-state index in [9.17, 15) is 13.2 Å². The Morgan fingerprint density at radius 2 is 1.77 bits per heavy atom. The first-order valence-corrected chi connectivity index (χ1v) is 9.11. The van der Waals surface area contributed by atoms with Crippen LogP contribution >= 0.6 is 0 Å². The van der Waals surface area contributed by atoms with Gasteiger partial charge in [0.1, 0.15) is 5.82 Å². The van der Waals surface area contributed by atoms with Crippen molar-refractivity contribution in [2.24, 2.45) is 0 Å². The van der Waals surface area contributed by atoms with Gasteiger partial charge < -0.3 is 9.47 Å². The molecule has 2 unspecified atom stereocenters. The lowest BCUT2D eigenvalue weighted by Gasteiger charge is -2.15. The van der Waals surface area contributed by atoms with E-state index >= 15 is 0 Å². The number of benzene rings is 2. The minimum Gasteiger partial charge on any atom is -0.491 e. The molecule has 3 rings (SSSR count). The van der Waals surface area contributed by atoms with Gasteiger partial charge in [0.05, 0.1) is 18.8 Å². The molecule has 2 nitrogen and oxygen atoms in total. The van der Waals surface area contributed by atoms with Crippen LogP contribution in [-0.4, -0.2) is 12.7 Å². The van der Waals surface area contributed by atoms with Gasteiger partial charge in [-0.25, -0.2) is 8.78 Å². The molecule has 1 heterocycles. The Bertz CT molecular complexity index is 776. The molecule has 0 aliphatic carbocycles. The molecule has 1 saturated heterocycles. The molecule has 2 aromatic rings. The zero-order valence-electron chi connectivity index (χ0n) is 15.0. The zero-order chi connectivity index (χ0) is 18.7. The number of halogens is 3. The fraction of sp³-hybridized carbons (Fsp3) is 0.429. The second kappa shape index (κ2) is 8.12. The molecule has 0 radical (unpaired) electrons. The first-order chi connectivity index (χ1) is 12.5. The van der Waals surface area contributed by atoms with Crippen molar-refractivity contribution in [3.05, 3.63) is 53.3 Å². The number of rotatable bonds is 6. The fourth-order valence-corrected chi connectivity index (χ4v) is 3.44. The molecule has 140 valence electrons. The Morgan fingerprint density at radius 3 is 2.46 bits per heavy atom. The van der Waals surface area contributed by atoms with Gasteiger partial charge in [-0.2, -0.15) is 4.39 Å². The van der Waals surface area contributed by atoms with Crippen molar-refractivity contribution in [1.29, 1.82) is 0 Å². The predicted octanol–water partition coefficient (Wildman–Crippen LogP) is 6.19. The average Bonchev–Trinajstić information content (AvgIpc) is 3.09. The lowest BCUT2D eigenvalue weighted by Crippen LogP contribution is -2.06. The van der Waals surface area contributed by atoms with E-state index in [2.05, 4.69) is 6.92 Å². The quantitative estimate of drug-likeness (QED) is 0.608. The highest BCUT2D eigenvalue weighted by molar-refractivity contribution is 5.66. The Balaban J connectivity index is 1.86. The average molecular weight is 364 g/mol. The predicted molar refractivity (Wildman–Crippen MR) is 94.7 cm³/mol. The van der Waals surface area contributed by atoms with Crippen LogP contribution in [0.1, 0.15) is 51.2 Å². The van der Waals surface area contributed by atoms with Crippen LogP contribution in [0.15, 0.2) is 30.3 Å². The van der Waals surface area contributed by atoms with E-state index in [1.54, 1.807) is 13.0 Å². The molecular weight excluding hydrogens is 341 g/mol. The molecule has 0 saturated carbocycles.